The second-order valence-corrected chi connectivity index (χ2v) is 6.17. The van der Waals surface area contributed by atoms with Gasteiger partial charge in [0, 0.05) is 12.7 Å². The van der Waals surface area contributed by atoms with Crippen LogP contribution < -0.4 is 11.1 Å². The van der Waals surface area contributed by atoms with Crippen LogP contribution in [0, 0.1) is 11.8 Å². The monoisotopic (exact) mass is 295 g/mol. The third kappa shape index (κ3) is 4.10. The van der Waals surface area contributed by atoms with Crippen LogP contribution in [-0.4, -0.2) is 17.4 Å². The smallest absolute Gasteiger partial charge is 0.252 e. The highest BCUT2D eigenvalue weighted by Gasteiger charge is 2.18. The number of pyridine rings is 1. The summed E-state index contributed by atoms with van der Waals surface area (Å²) in [5, 5.41) is 3.26. The maximum absolute atomic E-state index is 12.0. The molecule has 1 aromatic rings. The van der Waals surface area contributed by atoms with Crippen molar-refractivity contribution in [1.82, 2.24) is 10.3 Å². The average Bonchev–Trinajstić information content (AvgIpc) is 2.43. The molecule has 0 radical (unpaired) electrons. The van der Waals surface area contributed by atoms with Gasteiger partial charge < -0.3 is 11.1 Å². The van der Waals surface area contributed by atoms with Gasteiger partial charge in [-0.1, -0.05) is 44.2 Å². The van der Waals surface area contributed by atoms with E-state index in [9.17, 15) is 4.79 Å². The van der Waals surface area contributed by atoms with Crippen molar-refractivity contribution in [2.75, 3.05) is 12.3 Å². The van der Waals surface area contributed by atoms with Gasteiger partial charge >= 0.3 is 0 Å². The van der Waals surface area contributed by atoms with Gasteiger partial charge in [-0.15, -0.1) is 0 Å². The zero-order chi connectivity index (χ0) is 14.5. The molecular formula is C15H22ClN3O. The maximum Gasteiger partial charge on any atom is 0.252 e. The molecule has 20 heavy (non-hydrogen) atoms. The van der Waals surface area contributed by atoms with Gasteiger partial charge in [0.2, 0.25) is 0 Å². The molecule has 0 saturated heterocycles. The molecule has 2 rings (SSSR count). The molecule has 0 unspecified atom stereocenters. The molecule has 1 aromatic heterocycles. The summed E-state index contributed by atoms with van der Waals surface area (Å²) in [6.45, 7) is 3.00. The van der Waals surface area contributed by atoms with Gasteiger partial charge in [0.25, 0.3) is 5.91 Å². The van der Waals surface area contributed by atoms with E-state index < -0.39 is 0 Å². The van der Waals surface area contributed by atoms with E-state index in [1.54, 1.807) is 0 Å². The Morgan fingerprint density at radius 1 is 1.45 bits per heavy atom. The minimum Gasteiger partial charge on any atom is -0.384 e. The Hall–Kier alpha value is -1.29. The summed E-state index contributed by atoms with van der Waals surface area (Å²) in [5.41, 5.74) is 5.97. The third-order valence-electron chi connectivity index (χ3n) is 4.09. The van der Waals surface area contributed by atoms with Crippen molar-refractivity contribution in [1.29, 1.82) is 0 Å². The molecule has 1 amide bonds. The molecule has 1 saturated carbocycles. The van der Waals surface area contributed by atoms with Crippen LogP contribution in [0.25, 0.3) is 0 Å². The van der Waals surface area contributed by atoms with E-state index in [0.717, 1.165) is 18.3 Å². The lowest BCUT2D eigenvalue weighted by molar-refractivity contribution is 0.0950. The number of anilines is 1. The molecule has 0 aromatic carbocycles. The first-order chi connectivity index (χ1) is 9.56. The Morgan fingerprint density at radius 3 is 2.85 bits per heavy atom. The van der Waals surface area contributed by atoms with E-state index in [0.29, 0.717) is 22.9 Å². The summed E-state index contributed by atoms with van der Waals surface area (Å²) < 4.78 is 0. The molecule has 5 heteroatoms. The SMILES string of the molecule is CC1CCC(CCNC(=O)c2cc(N)ncc2Cl)CC1. The Balaban J connectivity index is 1.79. The number of nitrogens with zero attached hydrogens (tertiary/aromatic N) is 1. The fraction of sp³-hybridized carbons (Fsp3) is 0.600. The van der Waals surface area contributed by atoms with Crippen molar-refractivity contribution in [3.8, 4) is 0 Å². The van der Waals surface area contributed by atoms with E-state index in [4.69, 9.17) is 17.3 Å². The van der Waals surface area contributed by atoms with Crippen molar-refractivity contribution in [2.45, 2.75) is 39.0 Å². The summed E-state index contributed by atoms with van der Waals surface area (Å²) in [5.74, 6) is 1.73. The van der Waals surface area contributed by atoms with Crippen molar-refractivity contribution >= 4 is 23.3 Å². The lowest BCUT2D eigenvalue weighted by Gasteiger charge is -2.26. The number of nitrogens with two attached hydrogens (primary N) is 1. The number of nitrogens with one attached hydrogen (secondary N) is 1. The summed E-state index contributed by atoms with van der Waals surface area (Å²) >= 11 is 5.96. The summed E-state index contributed by atoms with van der Waals surface area (Å²) in [6.07, 6.45) is 7.63. The Bertz CT molecular complexity index is 470. The minimum atomic E-state index is -0.173. The molecule has 4 nitrogen and oxygen atoms in total. The number of carbonyl (C=O) groups excluding carboxylic acids is 1. The normalized spacial score (nSPS) is 22.5. The molecule has 1 aliphatic rings. The number of halogens is 1. The number of amides is 1. The van der Waals surface area contributed by atoms with Gasteiger partial charge in [0.1, 0.15) is 5.82 Å². The van der Waals surface area contributed by atoms with Crippen molar-refractivity contribution in [3.63, 3.8) is 0 Å². The fourth-order valence-corrected chi connectivity index (χ4v) is 2.92. The average molecular weight is 296 g/mol. The first-order valence-electron chi connectivity index (χ1n) is 7.25. The summed E-state index contributed by atoms with van der Waals surface area (Å²) in [4.78, 5) is 15.9. The second kappa shape index (κ2) is 6.93. The highest BCUT2D eigenvalue weighted by molar-refractivity contribution is 6.33. The van der Waals surface area contributed by atoms with Gasteiger partial charge in [0.15, 0.2) is 0 Å². The molecule has 1 aliphatic carbocycles. The highest BCUT2D eigenvalue weighted by Crippen LogP contribution is 2.30. The molecule has 0 bridgehead atoms. The fourth-order valence-electron chi connectivity index (χ4n) is 2.73. The number of carbonyl (C=O) groups is 1. The highest BCUT2D eigenvalue weighted by atomic mass is 35.5. The second-order valence-electron chi connectivity index (χ2n) is 5.76. The van der Waals surface area contributed by atoms with Crippen LogP contribution in [0.4, 0.5) is 5.82 Å². The minimum absolute atomic E-state index is 0.173. The van der Waals surface area contributed by atoms with Crippen LogP contribution in [0.1, 0.15) is 49.4 Å². The van der Waals surface area contributed by atoms with E-state index in [1.807, 2.05) is 0 Å². The predicted octanol–water partition coefficient (Wildman–Crippen LogP) is 3.26. The molecule has 1 fully saturated rings. The van der Waals surface area contributed by atoms with Crippen LogP contribution in [-0.2, 0) is 0 Å². The zero-order valence-electron chi connectivity index (χ0n) is 11.9. The van der Waals surface area contributed by atoms with Gasteiger partial charge in [-0.25, -0.2) is 4.98 Å². The summed E-state index contributed by atoms with van der Waals surface area (Å²) in [6, 6.07) is 1.51. The van der Waals surface area contributed by atoms with Gasteiger partial charge in [-0.05, 0) is 24.3 Å². The third-order valence-corrected chi connectivity index (χ3v) is 4.40. The largest absolute Gasteiger partial charge is 0.384 e. The van der Waals surface area contributed by atoms with E-state index in [-0.39, 0.29) is 5.91 Å². The number of rotatable bonds is 4. The number of hydrogen-bond acceptors (Lipinski definition) is 3. The summed E-state index contributed by atoms with van der Waals surface area (Å²) in [7, 11) is 0. The van der Waals surface area contributed by atoms with Crippen molar-refractivity contribution in [2.24, 2.45) is 11.8 Å². The maximum atomic E-state index is 12.0. The first-order valence-corrected chi connectivity index (χ1v) is 7.63. The number of nitrogen functional groups attached to an aromatic ring is 1. The van der Waals surface area contributed by atoms with E-state index in [1.165, 1.54) is 37.9 Å². The van der Waals surface area contributed by atoms with Gasteiger partial charge in [-0.2, -0.15) is 0 Å². The number of aromatic nitrogens is 1. The van der Waals surface area contributed by atoms with Crippen molar-refractivity contribution in [3.05, 3.63) is 22.8 Å². The molecule has 0 spiro atoms. The Morgan fingerprint density at radius 2 is 2.15 bits per heavy atom. The molecule has 110 valence electrons. The van der Waals surface area contributed by atoms with Crippen LogP contribution >= 0.6 is 11.6 Å². The van der Waals surface area contributed by atoms with Crippen LogP contribution in [0.15, 0.2) is 12.3 Å². The van der Waals surface area contributed by atoms with E-state index in [2.05, 4.69) is 17.2 Å². The topological polar surface area (TPSA) is 68.0 Å². The standard InChI is InChI=1S/C15H22ClN3O/c1-10-2-4-11(5-3-10)6-7-18-15(20)12-8-14(17)19-9-13(12)16/h8-11H,2-7H2,1H3,(H2,17,19)(H,18,20). The van der Waals surface area contributed by atoms with Gasteiger partial charge in [-0.3, -0.25) is 4.79 Å². The zero-order valence-corrected chi connectivity index (χ0v) is 12.6. The molecular weight excluding hydrogens is 274 g/mol. The van der Waals surface area contributed by atoms with Crippen LogP contribution in [0.3, 0.4) is 0 Å². The molecule has 0 aliphatic heterocycles. The van der Waals surface area contributed by atoms with E-state index >= 15 is 0 Å². The molecule has 1 heterocycles. The Labute approximate surface area is 125 Å². The lowest BCUT2D eigenvalue weighted by Crippen LogP contribution is -2.27. The van der Waals surface area contributed by atoms with Gasteiger partial charge in [0.05, 0.1) is 10.6 Å². The van der Waals surface area contributed by atoms with Crippen LogP contribution in [0.2, 0.25) is 5.02 Å². The predicted molar refractivity (Wildman–Crippen MR) is 81.7 cm³/mol. The van der Waals surface area contributed by atoms with Crippen molar-refractivity contribution < 1.29 is 4.79 Å². The quantitative estimate of drug-likeness (QED) is 0.896. The first kappa shape index (κ1) is 15.1. The number of hydrogen-bond donors (Lipinski definition) is 2. The lowest BCUT2D eigenvalue weighted by atomic mass is 9.81. The van der Waals surface area contributed by atoms with Crippen LogP contribution in [0.5, 0.6) is 0 Å². The molecule has 0 atom stereocenters. The molecule has 3 N–H and O–H groups in total. The Kier molecular flexibility index (Phi) is 5.24.